The van der Waals surface area contributed by atoms with Crippen LogP contribution in [0.4, 0.5) is 0 Å². The van der Waals surface area contributed by atoms with Crippen LogP contribution in [0.2, 0.25) is 0 Å². The van der Waals surface area contributed by atoms with Crippen LogP contribution in [0.1, 0.15) is 66.2 Å². The molecule has 27 heavy (non-hydrogen) atoms. The number of amides is 1. The Morgan fingerprint density at radius 2 is 1.78 bits per heavy atom. The number of carbonyl (C=O) groups is 1. The number of nitrogens with one attached hydrogen (secondary N) is 2. The lowest BCUT2D eigenvalue weighted by atomic mass is 9.85. The summed E-state index contributed by atoms with van der Waals surface area (Å²) in [5, 5.41) is 6.88. The summed E-state index contributed by atoms with van der Waals surface area (Å²) >= 11 is 0. The Morgan fingerprint density at radius 1 is 1.15 bits per heavy atom. The Balaban J connectivity index is 2.63. The van der Waals surface area contributed by atoms with E-state index in [1.54, 1.807) is 4.90 Å². The molecule has 0 aromatic rings. The summed E-state index contributed by atoms with van der Waals surface area (Å²) in [7, 11) is 3.71. The molecule has 6 heteroatoms. The second kappa shape index (κ2) is 12.2. The Kier molecular flexibility index (Phi) is 10.7. The predicted molar refractivity (Wildman–Crippen MR) is 115 cm³/mol. The highest BCUT2D eigenvalue weighted by Gasteiger charge is 2.42. The highest BCUT2D eigenvalue weighted by atomic mass is 16.2. The third-order valence-electron chi connectivity index (χ3n) is 5.69. The van der Waals surface area contributed by atoms with Crippen molar-refractivity contribution >= 4 is 11.9 Å². The molecule has 2 N–H and O–H groups in total. The van der Waals surface area contributed by atoms with Crippen LogP contribution in [-0.2, 0) is 4.79 Å². The van der Waals surface area contributed by atoms with Gasteiger partial charge >= 0.3 is 0 Å². The molecule has 0 heterocycles. The molecular formula is C21H43N5O. The minimum Gasteiger partial charge on any atom is -0.357 e. The average Bonchev–Trinajstić information content (AvgIpc) is 3.13. The lowest BCUT2D eigenvalue weighted by molar-refractivity contribution is -0.138. The maximum atomic E-state index is 12.7. The van der Waals surface area contributed by atoms with Crippen LogP contribution in [-0.4, -0.2) is 74.5 Å². The SMILES string of the molecule is CCNC(=NCC1(C(=O)N(C)C)CCCC1)NC(C)CCCN(CC)CC. The minimum atomic E-state index is -0.308. The normalized spacial score (nSPS) is 17.8. The molecule has 158 valence electrons. The Labute approximate surface area is 167 Å². The lowest BCUT2D eigenvalue weighted by Gasteiger charge is -2.29. The molecule has 0 radical (unpaired) electrons. The van der Waals surface area contributed by atoms with Crippen molar-refractivity contribution in [3.63, 3.8) is 0 Å². The van der Waals surface area contributed by atoms with Gasteiger partial charge in [0, 0.05) is 26.7 Å². The zero-order valence-electron chi connectivity index (χ0n) is 18.6. The van der Waals surface area contributed by atoms with E-state index in [0.717, 1.165) is 64.2 Å². The van der Waals surface area contributed by atoms with Crippen molar-refractivity contribution in [3.05, 3.63) is 0 Å². The van der Waals surface area contributed by atoms with Crippen molar-refractivity contribution in [3.8, 4) is 0 Å². The molecular weight excluding hydrogens is 338 g/mol. The number of aliphatic imine (C=N–C) groups is 1. The first-order valence-corrected chi connectivity index (χ1v) is 10.9. The standard InChI is InChI=1S/C21H43N5O/c1-7-22-20(24-18(4)13-12-16-26(8-2)9-3)23-17-21(14-10-11-15-21)19(27)25(5)6/h18H,7-17H2,1-6H3,(H2,22,23,24). The molecule has 1 rings (SSSR count). The van der Waals surface area contributed by atoms with Gasteiger partial charge in [-0.15, -0.1) is 0 Å². The van der Waals surface area contributed by atoms with Crippen LogP contribution >= 0.6 is 0 Å². The van der Waals surface area contributed by atoms with Gasteiger partial charge in [0.15, 0.2) is 5.96 Å². The van der Waals surface area contributed by atoms with E-state index >= 15 is 0 Å². The molecule has 1 amide bonds. The van der Waals surface area contributed by atoms with E-state index in [4.69, 9.17) is 4.99 Å². The molecule has 0 bridgehead atoms. The molecule has 6 nitrogen and oxygen atoms in total. The summed E-state index contributed by atoms with van der Waals surface area (Å²) in [5.74, 6) is 1.07. The summed E-state index contributed by atoms with van der Waals surface area (Å²) in [6, 6.07) is 0.363. The molecule has 1 fully saturated rings. The van der Waals surface area contributed by atoms with Crippen LogP contribution in [0, 0.1) is 5.41 Å². The van der Waals surface area contributed by atoms with Crippen molar-refractivity contribution in [2.45, 2.75) is 72.3 Å². The number of hydrogen-bond acceptors (Lipinski definition) is 3. The van der Waals surface area contributed by atoms with Crippen molar-refractivity contribution < 1.29 is 4.79 Å². The second-order valence-corrected chi connectivity index (χ2v) is 8.10. The summed E-state index contributed by atoms with van der Waals surface area (Å²) in [4.78, 5) is 21.8. The van der Waals surface area contributed by atoms with Crippen LogP contribution in [0.15, 0.2) is 4.99 Å². The summed E-state index contributed by atoms with van der Waals surface area (Å²) in [5.41, 5.74) is -0.308. The maximum Gasteiger partial charge on any atom is 0.230 e. The van der Waals surface area contributed by atoms with E-state index in [1.807, 2.05) is 14.1 Å². The van der Waals surface area contributed by atoms with Crippen LogP contribution in [0.3, 0.4) is 0 Å². The van der Waals surface area contributed by atoms with Crippen LogP contribution < -0.4 is 10.6 Å². The van der Waals surface area contributed by atoms with Gasteiger partial charge in [-0.1, -0.05) is 26.7 Å². The van der Waals surface area contributed by atoms with Crippen LogP contribution in [0.25, 0.3) is 0 Å². The van der Waals surface area contributed by atoms with Gasteiger partial charge in [-0.2, -0.15) is 0 Å². The quantitative estimate of drug-likeness (QED) is 0.427. The van der Waals surface area contributed by atoms with Crippen molar-refractivity contribution in [1.82, 2.24) is 20.4 Å². The highest BCUT2D eigenvalue weighted by Crippen LogP contribution is 2.39. The van der Waals surface area contributed by atoms with E-state index in [9.17, 15) is 4.79 Å². The van der Waals surface area contributed by atoms with Crippen molar-refractivity contribution in [1.29, 1.82) is 0 Å². The number of hydrogen-bond donors (Lipinski definition) is 2. The number of rotatable bonds is 11. The van der Waals surface area contributed by atoms with Gasteiger partial charge in [0.2, 0.25) is 5.91 Å². The van der Waals surface area contributed by atoms with Gasteiger partial charge < -0.3 is 20.4 Å². The lowest BCUT2D eigenvalue weighted by Crippen LogP contribution is -2.45. The van der Waals surface area contributed by atoms with Gasteiger partial charge in [-0.25, -0.2) is 0 Å². The maximum absolute atomic E-state index is 12.7. The predicted octanol–water partition coefficient (Wildman–Crippen LogP) is 2.70. The molecule has 0 saturated heterocycles. The fourth-order valence-electron chi connectivity index (χ4n) is 3.98. The van der Waals surface area contributed by atoms with E-state index in [1.165, 1.54) is 6.42 Å². The molecule has 0 aromatic heterocycles. The molecule has 1 unspecified atom stereocenters. The zero-order chi connectivity index (χ0) is 20.3. The first-order valence-electron chi connectivity index (χ1n) is 10.9. The van der Waals surface area contributed by atoms with E-state index < -0.39 is 0 Å². The summed E-state index contributed by atoms with van der Waals surface area (Å²) in [6.45, 7) is 13.5. The van der Waals surface area contributed by atoms with Crippen molar-refractivity contribution in [2.75, 3.05) is 46.8 Å². The fourth-order valence-corrected chi connectivity index (χ4v) is 3.98. The minimum absolute atomic E-state index is 0.229. The fraction of sp³-hybridized carbons (Fsp3) is 0.905. The third kappa shape index (κ3) is 7.68. The van der Waals surface area contributed by atoms with Crippen molar-refractivity contribution in [2.24, 2.45) is 10.4 Å². The molecule has 1 aliphatic carbocycles. The monoisotopic (exact) mass is 381 g/mol. The van der Waals surface area contributed by atoms with Gasteiger partial charge in [-0.3, -0.25) is 9.79 Å². The largest absolute Gasteiger partial charge is 0.357 e. The van der Waals surface area contributed by atoms with E-state index in [-0.39, 0.29) is 11.3 Å². The van der Waals surface area contributed by atoms with Gasteiger partial charge in [0.1, 0.15) is 0 Å². The number of carbonyl (C=O) groups excluding carboxylic acids is 1. The molecule has 1 atom stereocenters. The van der Waals surface area contributed by atoms with Gasteiger partial charge in [0.05, 0.1) is 12.0 Å². The first kappa shape index (κ1) is 23.7. The highest BCUT2D eigenvalue weighted by molar-refractivity contribution is 5.84. The van der Waals surface area contributed by atoms with Gasteiger partial charge in [0.25, 0.3) is 0 Å². The molecule has 1 saturated carbocycles. The molecule has 0 aromatic carbocycles. The first-order chi connectivity index (χ1) is 12.9. The number of guanidine groups is 1. The third-order valence-corrected chi connectivity index (χ3v) is 5.69. The Hall–Kier alpha value is -1.30. The molecule has 0 aliphatic heterocycles. The van der Waals surface area contributed by atoms with E-state index in [2.05, 4.69) is 43.2 Å². The smallest absolute Gasteiger partial charge is 0.230 e. The molecule has 1 aliphatic rings. The Bertz CT molecular complexity index is 453. The topological polar surface area (TPSA) is 60.0 Å². The number of nitrogens with zero attached hydrogens (tertiary/aromatic N) is 3. The zero-order valence-corrected chi connectivity index (χ0v) is 18.6. The summed E-state index contributed by atoms with van der Waals surface area (Å²) < 4.78 is 0. The van der Waals surface area contributed by atoms with Crippen LogP contribution in [0.5, 0.6) is 0 Å². The molecule has 0 spiro atoms. The van der Waals surface area contributed by atoms with Gasteiger partial charge in [-0.05, 0) is 59.2 Å². The Morgan fingerprint density at radius 3 is 2.30 bits per heavy atom. The second-order valence-electron chi connectivity index (χ2n) is 8.10. The average molecular weight is 382 g/mol. The van der Waals surface area contributed by atoms with E-state index in [0.29, 0.717) is 12.6 Å². The summed E-state index contributed by atoms with van der Waals surface area (Å²) in [6.07, 6.45) is 6.45.